The fraction of sp³-hybridized carbons (Fsp3) is 0.500. The van der Waals surface area contributed by atoms with Crippen LogP contribution in [0.4, 0.5) is 0 Å². The zero-order chi connectivity index (χ0) is 15.5. The van der Waals surface area contributed by atoms with E-state index in [2.05, 4.69) is 14.8 Å². The number of piperidine rings is 1. The van der Waals surface area contributed by atoms with E-state index in [0.29, 0.717) is 5.56 Å². The van der Waals surface area contributed by atoms with Gasteiger partial charge in [-0.1, -0.05) is 6.07 Å². The van der Waals surface area contributed by atoms with E-state index in [-0.39, 0.29) is 28.9 Å². The number of aryl methyl sites for hydroxylation is 1. The lowest BCUT2D eigenvalue weighted by Gasteiger charge is -2.24. The third-order valence-corrected chi connectivity index (χ3v) is 5.22. The molecule has 124 valence electrons. The minimum atomic E-state index is -3.64. The van der Waals surface area contributed by atoms with Crippen molar-refractivity contribution in [1.82, 2.24) is 10.0 Å². The van der Waals surface area contributed by atoms with Gasteiger partial charge in [0.15, 0.2) is 0 Å². The number of esters is 1. The fourth-order valence-corrected chi connectivity index (χ4v) is 3.93. The van der Waals surface area contributed by atoms with Crippen molar-refractivity contribution >= 4 is 28.4 Å². The molecule has 0 unspecified atom stereocenters. The fourth-order valence-electron chi connectivity index (χ4n) is 2.36. The van der Waals surface area contributed by atoms with E-state index in [0.717, 1.165) is 25.9 Å². The molecule has 1 aromatic rings. The molecule has 6 nitrogen and oxygen atoms in total. The number of ether oxygens (including phenoxy) is 1. The first-order valence-corrected chi connectivity index (χ1v) is 8.34. The number of methoxy groups -OCH3 is 1. The maximum absolute atomic E-state index is 12.5. The van der Waals surface area contributed by atoms with Gasteiger partial charge < -0.3 is 10.1 Å². The number of carbonyl (C=O) groups is 1. The number of sulfonamides is 1. The van der Waals surface area contributed by atoms with Crippen LogP contribution in [0.1, 0.15) is 28.8 Å². The van der Waals surface area contributed by atoms with Gasteiger partial charge in [-0.15, -0.1) is 12.4 Å². The van der Waals surface area contributed by atoms with E-state index in [4.69, 9.17) is 0 Å². The van der Waals surface area contributed by atoms with Gasteiger partial charge in [-0.05, 0) is 50.6 Å². The van der Waals surface area contributed by atoms with Crippen LogP contribution in [0.5, 0.6) is 0 Å². The quantitative estimate of drug-likeness (QED) is 0.799. The van der Waals surface area contributed by atoms with Gasteiger partial charge in [-0.3, -0.25) is 0 Å². The molecule has 0 atom stereocenters. The second-order valence-electron chi connectivity index (χ2n) is 5.12. The van der Waals surface area contributed by atoms with E-state index < -0.39 is 16.0 Å². The van der Waals surface area contributed by atoms with Gasteiger partial charge in [0.2, 0.25) is 10.0 Å². The summed E-state index contributed by atoms with van der Waals surface area (Å²) in [5, 5.41) is 3.19. The molecule has 2 N–H and O–H groups in total. The Morgan fingerprint density at radius 2 is 1.95 bits per heavy atom. The number of rotatable bonds is 4. The molecule has 0 bridgehead atoms. The van der Waals surface area contributed by atoms with Gasteiger partial charge in [0.1, 0.15) is 0 Å². The Balaban J connectivity index is 0.00000242. The van der Waals surface area contributed by atoms with Crippen LogP contribution in [0.3, 0.4) is 0 Å². The summed E-state index contributed by atoms with van der Waals surface area (Å²) in [5.74, 6) is -0.548. The summed E-state index contributed by atoms with van der Waals surface area (Å²) in [6, 6.07) is 4.47. The average molecular weight is 349 g/mol. The second kappa shape index (κ2) is 7.92. The van der Waals surface area contributed by atoms with Crippen molar-refractivity contribution in [2.75, 3.05) is 20.2 Å². The molecule has 22 heavy (non-hydrogen) atoms. The topological polar surface area (TPSA) is 84.5 Å². The molecule has 0 radical (unpaired) electrons. The molecule has 0 saturated carbocycles. The maximum atomic E-state index is 12.5. The normalized spacial score (nSPS) is 15.9. The number of halogens is 1. The van der Waals surface area contributed by atoms with E-state index in [9.17, 15) is 13.2 Å². The van der Waals surface area contributed by atoms with Crippen molar-refractivity contribution in [3.05, 3.63) is 29.3 Å². The monoisotopic (exact) mass is 348 g/mol. The van der Waals surface area contributed by atoms with Crippen LogP contribution >= 0.6 is 12.4 Å². The zero-order valence-corrected chi connectivity index (χ0v) is 14.2. The highest BCUT2D eigenvalue weighted by molar-refractivity contribution is 7.89. The highest BCUT2D eigenvalue weighted by atomic mass is 35.5. The van der Waals surface area contributed by atoms with E-state index in [1.54, 1.807) is 19.1 Å². The lowest BCUT2D eigenvalue weighted by Crippen LogP contribution is -2.42. The lowest BCUT2D eigenvalue weighted by molar-refractivity contribution is 0.0600. The first kappa shape index (κ1) is 18.9. The summed E-state index contributed by atoms with van der Waals surface area (Å²) >= 11 is 0. The van der Waals surface area contributed by atoms with Crippen molar-refractivity contribution in [1.29, 1.82) is 0 Å². The van der Waals surface area contributed by atoms with Crippen LogP contribution in [0.2, 0.25) is 0 Å². The first-order chi connectivity index (χ1) is 9.94. The molecular formula is C14H21ClN2O4S. The summed E-state index contributed by atoms with van der Waals surface area (Å²) in [4.78, 5) is 11.7. The Kier molecular flexibility index (Phi) is 6.80. The van der Waals surface area contributed by atoms with Crippen molar-refractivity contribution < 1.29 is 17.9 Å². The third-order valence-electron chi connectivity index (χ3n) is 3.56. The SMILES string of the molecule is COC(=O)c1ccc(C)c(S(=O)(=O)NC2CCNCC2)c1.Cl. The molecule has 1 saturated heterocycles. The molecule has 2 rings (SSSR count). The van der Waals surface area contributed by atoms with Gasteiger partial charge in [0, 0.05) is 6.04 Å². The van der Waals surface area contributed by atoms with Crippen molar-refractivity contribution in [3.63, 3.8) is 0 Å². The predicted octanol–water partition coefficient (Wildman–Crippen LogP) is 1.23. The molecule has 8 heteroatoms. The molecule has 1 heterocycles. The van der Waals surface area contributed by atoms with Gasteiger partial charge in [0.05, 0.1) is 17.6 Å². The Hall–Kier alpha value is -1.15. The molecular weight excluding hydrogens is 328 g/mol. The molecule has 0 amide bonds. The van der Waals surface area contributed by atoms with E-state index >= 15 is 0 Å². The molecule has 0 aromatic heterocycles. The number of nitrogens with one attached hydrogen (secondary N) is 2. The van der Waals surface area contributed by atoms with Crippen LogP contribution in [-0.2, 0) is 14.8 Å². The maximum Gasteiger partial charge on any atom is 0.337 e. The summed E-state index contributed by atoms with van der Waals surface area (Å²) in [6.07, 6.45) is 1.52. The minimum absolute atomic E-state index is 0. The lowest BCUT2D eigenvalue weighted by atomic mass is 10.1. The minimum Gasteiger partial charge on any atom is -0.465 e. The van der Waals surface area contributed by atoms with Gasteiger partial charge in [0.25, 0.3) is 0 Å². The third kappa shape index (κ3) is 4.42. The standard InChI is InChI=1S/C14H20N2O4S.ClH/c1-10-3-4-11(14(17)20-2)9-13(10)21(18,19)16-12-5-7-15-8-6-12;/h3-4,9,12,15-16H,5-8H2,1-2H3;1H. The number of benzene rings is 1. The Morgan fingerprint density at radius 1 is 1.32 bits per heavy atom. The van der Waals surface area contributed by atoms with Gasteiger partial charge in [-0.2, -0.15) is 0 Å². The second-order valence-corrected chi connectivity index (χ2v) is 6.80. The summed E-state index contributed by atoms with van der Waals surface area (Å²) in [6.45, 7) is 3.31. The number of hydrogen-bond acceptors (Lipinski definition) is 5. The smallest absolute Gasteiger partial charge is 0.337 e. The van der Waals surface area contributed by atoms with Crippen LogP contribution in [0.25, 0.3) is 0 Å². The van der Waals surface area contributed by atoms with E-state index in [1.165, 1.54) is 13.2 Å². The molecule has 0 spiro atoms. The molecule has 1 aliphatic rings. The number of hydrogen-bond donors (Lipinski definition) is 2. The van der Waals surface area contributed by atoms with Crippen molar-refractivity contribution in [2.45, 2.75) is 30.7 Å². The van der Waals surface area contributed by atoms with Crippen LogP contribution < -0.4 is 10.0 Å². The zero-order valence-electron chi connectivity index (χ0n) is 12.6. The molecule has 0 aliphatic carbocycles. The summed E-state index contributed by atoms with van der Waals surface area (Å²) < 4.78 is 32.3. The van der Waals surface area contributed by atoms with Crippen LogP contribution in [0.15, 0.2) is 23.1 Å². The highest BCUT2D eigenvalue weighted by Gasteiger charge is 2.24. The summed E-state index contributed by atoms with van der Waals surface area (Å²) in [7, 11) is -2.37. The largest absolute Gasteiger partial charge is 0.465 e. The van der Waals surface area contributed by atoms with Gasteiger partial charge >= 0.3 is 5.97 Å². The summed E-state index contributed by atoms with van der Waals surface area (Å²) in [5.41, 5.74) is 0.831. The van der Waals surface area contributed by atoms with Crippen LogP contribution in [0, 0.1) is 6.92 Å². The van der Waals surface area contributed by atoms with E-state index in [1.807, 2.05) is 0 Å². The molecule has 1 fully saturated rings. The predicted molar refractivity (Wildman–Crippen MR) is 86.0 cm³/mol. The van der Waals surface area contributed by atoms with Gasteiger partial charge in [-0.25, -0.2) is 17.9 Å². The van der Waals surface area contributed by atoms with Crippen molar-refractivity contribution in [3.8, 4) is 0 Å². The average Bonchev–Trinajstić information content (AvgIpc) is 2.47. The molecule has 1 aromatic carbocycles. The number of carbonyl (C=O) groups excluding carboxylic acids is 1. The Morgan fingerprint density at radius 3 is 2.55 bits per heavy atom. The first-order valence-electron chi connectivity index (χ1n) is 6.86. The Bertz CT molecular complexity index is 628. The highest BCUT2D eigenvalue weighted by Crippen LogP contribution is 2.19. The van der Waals surface area contributed by atoms with Crippen molar-refractivity contribution in [2.24, 2.45) is 0 Å². The Labute approximate surface area is 137 Å². The molecule has 1 aliphatic heterocycles. The van der Waals surface area contributed by atoms with Crippen LogP contribution in [-0.4, -0.2) is 40.6 Å².